The molecule has 7 nitrogen and oxygen atoms in total. The number of halogens is 2. The van der Waals surface area contributed by atoms with Crippen LogP contribution in [0.15, 0.2) is 0 Å². The molecule has 2 aliphatic rings. The number of nitrogens with zero attached hydrogens (tertiary/aromatic N) is 1. The molecular formula is C14H23FINO6. The second-order valence-corrected chi connectivity index (χ2v) is 12.5. The minimum absolute atomic E-state index is 0.0329. The van der Waals surface area contributed by atoms with Gasteiger partial charge in [-0.3, -0.25) is 0 Å². The van der Waals surface area contributed by atoms with Crippen molar-refractivity contribution in [3.8, 4) is 0 Å². The molecule has 0 radical (unpaired) electrons. The molecule has 0 aromatic rings. The molecule has 2 rings (SSSR count). The average molecular weight is 447 g/mol. The average Bonchev–Trinajstić information content (AvgIpc) is 2.99. The molecule has 0 saturated carbocycles. The van der Waals surface area contributed by atoms with E-state index < -0.39 is 59.5 Å². The predicted molar refractivity (Wildman–Crippen MR) is 88.3 cm³/mol. The first kappa shape index (κ1) is 18.8. The van der Waals surface area contributed by atoms with E-state index >= 15 is 4.39 Å². The molecule has 9 heteroatoms. The second kappa shape index (κ2) is 6.41. The molecule has 0 spiro atoms. The predicted octanol–water partition coefficient (Wildman–Crippen LogP) is 1.30. The number of aliphatic hydroxyl groups excluding tert-OH is 1. The molecule has 0 aromatic carbocycles. The summed E-state index contributed by atoms with van der Waals surface area (Å²) < 4.78 is 30.3. The number of aliphatic hydroxyl groups is 1. The molecule has 4 atom stereocenters. The van der Waals surface area contributed by atoms with Gasteiger partial charge in [0.15, 0.2) is 0 Å². The van der Waals surface area contributed by atoms with Crippen LogP contribution in [-0.4, -0.2) is 72.8 Å². The van der Waals surface area contributed by atoms with Gasteiger partial charge in [0.1, 0.15) is 0 Å². The van der Waals surface area contributed by atoms with Crippen molar-refractivity contribution in [3.63, 3.8) is 0 Å². The van der Waals surface area contributed by atoms with Gasteiger partial charge in [-0.25, -0.2) is 0 Å². The molecule has 0 unspecified atom stereocenters. The van der Waals surface area contributed by atoms with Crippen molar-refractivity contribution in [1.29, 1.82) is 0 Å². The van der Waals surface area contributed by atoms with Crippen molar-refractivity contribution < 1.29 is 33.3 Å². The summed E-state index contributed by atoms with van der Waals surface area (Å²) in [5, 5.41) is 10.3. The van der Waals surface area contributed by atoms with E-state index in [0.717, 1.165) is 11.8 Å². The molecule has 0 aromatic heterocycles. The Kier molecular flexibility index (Phi) is 5.25. The van der Waals surface area contributed by atoms with Gasteiger partial charge in [-0.1, -0.05) is 0 Å². The summed E-state index contributed by atoms with van der Waals surface area (Å²) in [6, 6.07) is 0. The van der Waals surface area contributed by atoms with Crippen molar-refractivity contribution in [2.24, 2.45) is 0 Å². The number of amides is 2. The molecule has 2 amide bonds. The second-order valence-electron chi connectivity index (χ2n) is 6.39. The summed E-state index contributed by atoms with van der Waals surface area (Å²) in [7, 11) is 0. The first-order chi connectivity index (χ1) is 10.5. The zero-order chi connectivity index (χ0) is 17.6. The summed E-state index contributed by atoms with van der Waals surface area (Å²) in [6.07, 6.45) is -3.59. The van der Waals surface area contributed by atoms with Gasteiger partial charge in [-0.15, -0.1) is 0 Å². The van der Waals surface area contributed by atoms with Crippen LogP contribution < -0.4 is 0 Å². The molecule has 2 saturated heterocycles. The molecule has 23 heavy (non-hydrogen) atoms. The third-order valence-electron chi connectivity index (χ3n) is 3.90. The Hall–Kier alpha value is -0.520. The molecule has 1 N–H and O–H groups in total. The zero-order valence-electron chi connectivity index (χ0n) is 13.8. The van der Waals surface area contributed by atoms with Crippen LogP contribution in [0.2, 0.25) is 0 Å². The molecule has 0 bridgehead atoms. The fourth-order valence-corrected chi connectivity index (χ4v) is 5.01. The first-order valence-electron chi connectivity index (χ1n) is 7.15. The quantitative estimate of drug-likeness (QED) is 0.398. The van der Waals surface area contributed by atoms with Gasteiger partial charge in [0, 0.05) is 0 Å². The van der Waals surface area contributed by atoms with E-state index in [9.17, 15) is 14.7 Å². The fourth-order valence-electron chi connectivity index (χ4n) is 2.51. The van der Waals surface area contributed by atoms with Crippen molar-refractivity contribution in [2.75, 3.05) is 23.1 Å². The van der Waals surface area contributed by atoms with Crippen molar-refractivity contribution >= 4 is 31.8 Å². The van der Waals surface area contributed by atoms with Crippen LogP contribution in [0.25, 0.3) is 0 Å². The zero-order valence-corrected chi connectivity index (χ0v) is 16.0. The summed E-state index contributed by atoms with van der Waals surface area (Å²) in [5.74, 6) is -2.04. The standard InChI is InChI=1S/C14H23FINO6/c1-13(2)22-6-8(23-13)10(18)14(3,15)11(19)17-9(16(4)5)7-21-12(17)20/h8-10,18H,6-7H2,1-5H3/t8-,9-,10-,14-/m1/s1. The van der Waals surface area contributed by atoms with E-state index in [1.54, 1.807) is 13.8 Å². The van der Waals surface area contributed by atoms with E-state index in [1.165, 1.54) is 0 Å². The minimum atomic E-state index is -2.68. The van der Waals surface area contributed by atoms with Crippen molar-refractivity contribution in [1.82, 2.24) is 4.90 Å². The summed E-state index contributed by atoms with van der Waals surface area (Å²) in [6.45, 7) is 4.28. The SMILES string of the molecule is CI(C)[C@H]1COC(=O)N1C(=O)[C@](C)(F)[C@H](O)[C@H]1COC(C)(C)O1. The van der Waals surface area contributed by atoms with E-state index in [0.29, 0.717) is 0 Å². The molecule has 134 valence electrons. The van der Waals surface area contributed by atoms with Gasteiger partial charge < -0.3 is 0 Å². The third-order valence-corrected chi connectivity index (χ3v) is 7.69. The fraction of sp³-hybridized carbons (Fsp3) is 0.857. The number of imide groups is 1. The number of carbonyl (C=O) groups is 2. The molecule has 0 aliphatic carbocycles. The number of rotatable bonds is 4. The topological polar surface area (TPSA) is 85.3 Å². The summed E-state index contributed by atoms with van der Waals surface area (Å²) in [4.78, 5) is 29.1. The van der Waals surface area contributed by atoms with E-state index in [4.69, 9.17) is 14.2 Å². The van der Waals surface area contributed by atoms with Crippen LogP contribution in [0.4, 0.5) is 9.18 Å². The summed E-state index contributed by atoms with van der Waals surface area (Å²) in [5.41, 5.74) is -2.68. The van der Waals surface area contributed by atoms with Gasteiger partial charge in [0.25, 0.3) is 0 Å². The molecule has 2 heterocycles. The number of hydrogen-bond donors (Lipinski definition) is 1. The Morgan fingerprint density at radius 2 is 2.09 bits per heavy atom. The Bertz CT molecular complexity index is 498. The van der Waals surface area contributed by atoms with Crippen LogP contribution in [-0.2, 0) is 19.0 Å². The number of alkyl halides is 4. The summed E-state index contributed by atoms with van der Waals surface area (Å²) >= 11 is -1.65. The first-order valence-corrected chi connectivity index (χ1v) is 12.7. The number of carbonyl (C=O) groups excluding carboxylic acids is 2. The van der Waals surface area contributed by atoms with Crippen LogP contribution >= 0.6 is 19.8 Å². The van der Waals surface area contributed by atoms with Gasteiger partial charge in [0.05, 0.1) is 0 Å². The normalized spacial score (nSPS) is 31.5. The molecular weight excluding hydrogens is 424 g/mol. The molecule has 2 fully saturated rings. The number of cyclic esters (lactones) is 1. The van der Waals surface area contributed by atoms with Gasteiger partial charge in [-0.05, 0) is 0 Å². The van der Waals surface area contributed by atoms with E-state index in [-0.39, 0.29) is 13.2 Å². The number of hydrogen-bond acceptors (Lipinski definition) is 6. The Morgan fingerprint density at radius 3 is 2.57 bits per heavy atom. The Morgan fingerprint density at radius 1 is 1.48 bits per heavy atom. The molecule has 2 aliphatic heterocycles. The number of ether oxygens (including phenoxy) is 3. The van der Waals surface area contributed by atoms with Crippen LogP contribution in [0.1, 0.15) is 20.8 Å². The van der Waals surface area contributed by atoms with E-state index in [2.05, 4.69) is 0 Å². The van der Waals surface area contributed by atoms with Crippen molar-refractivity contribution in [3.05, 3.63) is 0 Å². The van der Waals surface area contributed by atoms with Gasteiger partial charge >= 0.3 is 142 Å². The maximum absolute atomic E-state index is 15.1. The van der Waals surface area contributed by atoms with Crippen LogP contribution in [0, 0.1) is 0 Å². The van der Waals surface area contributed by atoms with E-state index in [1.807, 2.05) is 9.86 Å². The Balaban J connectivity index is 2.17. The Labute approximate surface area is 141 Å². The van der Waals surface area contributed by atoms with Gasteiger partial charge in [0.2, 0.25) is 0 Å². The third kappa shape index (κ3) is 3.62. The van der Waals surface area contributed by atoms with Gasteiger partial charge in [-0.2, -0.15) is 0 Å². The maximum atomic E-state index is 15.1. The van der Waals surface area contributed by atoms with Crippen LogP contribution in [0.3, 0.4) is 0 Å². The van der Waals surface area contributed by atoms with Crippen molar-refractivity contribution in [2.45, 2.75) is 48.5 Å². The monoisotopic (exact) mass is 447 g/mol. The van der Waals surface area contributed by atoms with Crippen LogP contribution in [0.5, 0.6) is 0 Å².